The van der Waals surface area contributed by atoms with Crippen molar-refractivity contribution in [3.05, 3.63) is 36.5 Å². The van der Waals surface area contributed by atoms with Crippen LogP contribution < -0.4 is 26.6 Å². The van der Waals surface area contributed by atoms with E-state index in [-0.39, 0.29) is 31.3 Å². The monoisotopic (exact) mass is 686 g/mol. The number of ketones is 1. The molecule has 0 aromatic rings. The van der Waals surface area contributed by atoms with E-state index in [1.807, 2.05) is 68.4 Å². The highest BCUT2D eigenvalue weighted by atomic mass is 16.2. The van der Waals surface area contributed by atoms with E-state index >= 15 is 0 Å². The molecule has 0 saturated carbocycles. The second kappa shape index (κ2) is 17.6. The van der Waals surface area contributed by atoms with Crippen molar-refractivity contribution in [2.24, 2.45) is 16.7 Å². The molecule has 1 saturated heterocycles. The molecular formula is C37H62N6O6. The lowest BCUT2D eigenvalue weighted by Gasteiger charge is -2.37. The molecule has 1 aliphatic heterocycles. The zero-order valence-electron chi connectivity index (χ0n) is 31.9. The Balaban J connectivity index is 3.50. The molecule has 1 unspecified atom stereocenters. The van der Waals surface area contributed by atoms with Crippen LogP contribution in [-0.4, -0.2) is 83.1 Å². The van der Waals surface area contributed by atoms with Gasteiger partial charge in [0, 0.05) is 24.5 Å². The first-order chi connectivity index (χ1) is 22.3. The number of Topliss-reactive ketones (excluding diaryl/α,β-unsaturated/α-hetero) is 1. The van der Waals surface area contributed by atoms with Gasteiger partial charge in [0.2, 0.25) is 23.5 Å². The first-order valence-electron chi connectivity index (χ1n) is 17.1. The molecule has 276 valence electrons. The maximum Gasteiger partial charge on any atom is 0.316 e. The normalized spacial score (nSPS) is 18.4. The molecule has 6 amide bonds. The minimum atomic E-state index is -1.17. The number of hydrogen-bond acceptors (Lipinski definition) is 6. The lowest BCUT2D eigenvalue weighted by atomic mass is 9.85. The van der Waals surface area contributed by atoms with Crippen molar-refractivity contribution >= 4 is 35.4 Å². The van der Waals surface area contributed by atoms with Crippen molar-refractivity contribution in [2.75, 3.05) is 13.1 Å². The number of carbonyl (C=O) groups excluding carboxylic acids is 6. The van der Waals surface area contributed by atoms with Gasteiger partial charge in [-0.25, -0.2) is 4.79 Å². The fourth-order valence-corrected chi connectivity index (χ4v) is 5.50. The summed E-state index contributed by atoms with van der Waals surface area (Å²) in [6.07, 6.45) is 4.91. The van der Waals surface area contributed by atoms with Crippen LogP contribution in [0.15, 0.2) is 36.5 Å². The lowest BCUT2D eigenvalue weighted by molar-refractivity contribution is -0.143. The van der Waals surface area contributed by atoms with Crippen LogP contribution in [0.5, 0.6) is 0 Å². The molecule has 0 aliphatic carbocycles. The summed E-state index contributed by atoms with van der Waals surface area (Å²) in [6.45, 7) is 30.1. The Bertz CT molecular complexity index is 1300. The summed E-state index contributed by atoms with van der Waals surface area (Å²) >= 11 is 0. The number of allylic oxidation sites excluding steroid dienone is 1. The van der Waals surface area contributed by atoms with E-state index in [9.17, 15) is 28.8 Å². The van der Waals surface area contributed by atoms with Gasteiger partial charge in [-0.2, -0.15) is 0 Å². The number of nitrogens with zero attached hydrogens (tertiary/aromatic N) is 1. The van der Waals surface area contributed by atoms with E-state index in [0.29, 0.717) is 12.0 Å². The van der Waals surface area contributed by atoms with Gasteiger partial charge in [-0.3, -0.25) is 24.0 Å². The van der Waals surface area contributed by atoms with Crippen LogP contribution >= 0.6 is 0 Å². The fraction of sp³-hybridized carbons (Fsp3) is 0.676. The first-order valence-corrected chi connectivity index (χ1v) is 17.1. The smallest absolute Gasteiger partial charge is 0.316 e. The molecule has 0 bridgehead atoms. The number of likely N-dealkylation sites (tertiary alicyclic amines) is 1. The van der Waals surface area contributed by atoms with E-state index in [2.05, 4.69) is 39.7 Å². The van der Waals surface area contributed by atoms with Gasteiger partial charge in [-0.1, -0.05) is 85.6 Å². The third-order valence-corrected chi connectivity index (χ3v) is 8.00. The standard InChI is InChI=1S/C37H62N6O6/c1-15-17-18-25(27(44)31(46)38-19-16-2)39-30(45)26-23(5)24(20-22(3)4)21-43(26)33(48)29(36(9,10)11)41-34(49)40-28(35(6,7)8)32(47)42-37(12,13)14/h16,20,24-26,28-29H,2,5,15,17-19,21H2,1,3-4,6-14H3,(H,38,46)(H,39,45)(H,42,47)(H2,40,41,49)/t24-,25?,26-,28+,29+/m0/s1. The summed E-state index contributed by atoms with van der Waals surface area (Å²) in [6, 6.07) is -5.03. The summed E-state index contributed by atoms with van der Waals surface area (Å²) in [4.78, 5) is 82.3. The molecule has 1 fully saturated rings. The second-order valence-electron chi connectivity index (χ2n) is 16.3. The number of urea groups is 1. The van der Waals surface area contributed by atoms with E-state index in [1.165, 1.54) is 11.0 Å². The zero-order chi connectivity index (χ0) is 38.1. The highest BCUT2D eigenvalue weighted by Crippen LogP contribution is 2.33. The van der Waals surface area contributed by atoms with Crippen LogP contribution in [0.4, 0.5) is 4.79 Å². The number of hydrogen-bond donors (Lipinski definition) is 5. The van der Waals surface area contributed by atoms with Crippen molar-refractivity contribution in [3.8, 4) is 0 Å². The maximum atomic E-state index is 14.5. The topological polar surface area (TPSA) is 166 Å². The van der Waals surface area contributed by atoms with Gasteiger partial charge < -0.3 is 31.5 Å². The molecule has 0 aromatic carbocycles. The van der Waals surface area contributed by atoms with E-state index < -0.39 is 70.1 Å². The fourth-order valence-electron chi connectivity index (χ4n) is 5.50. The summed E-state index contributed by atoms with van der Waals surface area (Å²) in [5.41, 5.74) is -0.600. The van der Waals surface area contributed by atoms with Crippen molar-refractivity contribution in [1.82, 2.24) is 31.5 Å². The predicted molar refractivity (Wildman–Crippen MR) is 193 cm³/mol. The number of rotatable bonds is 14. The quantitative estimate of drug-likeness (QED) is 0.137. The third-order valence-electron chi connectivity index (χ3n) is 8.00. The molecular weight excluding hydrogens is 624 g/mol. The average Bonchev–Trinajstić information content (AvgIpc) is 3.27. The van der Waals surface area contributed by atoms with Crippen molar-refractivity contribution in [2.45, 2.75) is 132 Å². The lowest BCUT2D eigenvalue weighted by Crippen LogP contribution is -2.63. The molecule has 12 nitrogen and oxygen atoms in total. The maximum absolute atomic E-state index is 14.5. The number of amides is 6. The number of nitrogens with one attached hydrogen (secondary N) is 5. The Morgan fingerprint density at radius 1 is 0.898 bits per heavy atom. The second-order valence-corrected chi connectivity index (χ2v) is 16.3. The van der Waals surface area contributed by atoms with Gasteiger partial charge in [-0.05, 0) is 57.4 Å². The zero-order valence-corrected chi connectivity index (χ0v) is 31.9. The van der Waals surface area contributed by atoms with Gasteiger partial charge in [0.05, 0.1) is 6.04 Å². The van der Waals surface area contributed by atoms with Crippen LogP contribution in [-0.2, 0) is 24.0 Å². The molecule has 5 atom stereocenters. The molecule has 1 aliphatic rings. The molecule has 0 spiro atoms. The molecule has 1 rings (SSSR count). The highest BCUT2D eigenvalue weighted by molar-refractivity contribution is 6.38. The minimum absolute atomic E-state index is 0.0949. The van der Waals surface area contributed by atoms with Crippen molar-refractivity contribution < 1.29 is 28.8 Å². The highest BCUT2D eigenvalue weighted by Gasteiger charge is 2.47. The summed E-state index contributed by atoms with van der Waals surface area (Å²) in [7, 11) is 0. The molecule has 0 aromatic heterocycles. The largest absolute Gasteiger partial charge is 0.350 e. The Labute approximate surface area is 293 Å². The van der Waals surface area contributed by atoms with Crippen LogP contribution in [0.1, 0.15) is 102 Å². The first kappa shape index (κ1) is 43.1. The Kier molecular flexibility index (Phi) is 15.5. The van der Waals surface area contributed by atoms with Gasteiger partial charge in [0.1, 0.15) is 18.1 Å². The number of unbranched alkanes of at least 4 members (excludes halogenated alkanes) is 1. The van der Waals surface area contributed by atoms with E-state index in [4.69, 9.17) is 0 Å². The summed E-state index contributed by atoms with van der Waals surface area (Å²) in [5, 5.41) is 13.7. The van der Waals surface area contributed by atoms with Crippen molar-refractivity contribution in [3.63, 3.8) is 0 Å². The molecule has 0 radical (unpaired) electrons. The number of carbonyl (C=O) groups is 6. The van der Waals surface area contributed by atoms with Crippen LogP contribution in [0, 0.1) is 16.7 Å². The Morgan fingerprint density at radius 2 is 1.45 bits per heavy atom. The van der Waals surface area contributed by atoms with Gasteiger partial charge in [0.25, 0.3) is 5.91 Å². The van der Waals surface area contributed by atoms with E-state index in [1.54, 1.807) is 20.8 Å². The molecule has 49 heavy (non-hydrogen) atoms. The summed E-state index contributed by atoms with van der Waals surface area (Å²) in [5.74, 6) is -3.53. The van der Waals surface area contributed by atoms with Gasteiger partial charge >= 0.3 is 6.03 Å². The van der Waals surface area contributed by atoms with E-state index in [0.717, 1.165) is 12.0 Å². The molecule has 5 N–H and O–H groups in total. The van der Waals surface area contributed by atoms with Crippen LogP contribution in [0.3, 0.4) is 0 Å². The van der Waals surface area contributed by atoms with Crippen molar-refractivity contribution in [1.29, 1.82) is 0 Å². The Morgan fingerprint density at radius 3 is 1.92 bits per heavy atom. The molecule has 1 heterocycles. The van der Waals surface area contributed by atoms with Gasteiger partial charge in [-0.15, -0.1) is 6.58 Å². The SMILES string of the molecule is C=CCNC(=O)C(=O)C(CCCC)NC(=O)[C@@H]1C(=C)[C@@H](C=C(C)C)CN1C(=O)[C@@H](NC(=O)N[C@H](C(=O)NC(C)(C)C)C(C)(C)C)C(C)(C)C. The molecule has 12 heteroatoms. The summed E-state index contributed by atoms with van der Waals surface area (Å²) < 4.78 is 0. The van der Waals surface area contributed by atoms with Gasteiger partial charge in [0.15, 0.2) is 0 Å². The Hall–Kier alpha value is -3.96. The average molecular weight is 687 g/mol. The van der Waals surface area contributed by atoms with Crippen LogP contribution in [0.25, 0.3) is 0 Å². The van der Waals surface area contributed by atoms with Crippen LogP contribution in [0.2, 0.25) is 0 Å². The predicted octanol–water partition coefficient (Wildman–Crippen LogP) is 3.93. The minimum Gasteiger partial charge on any atom is -0.350 e. The third kappa shape index (κ3) is 13.1.